The fraction of sp³-hybridized carbons (Fsp3) is 0.200. The number of nitrogens with one attached hydrogen (secondary N) is 1. The van der Waals surface area contributed by atoms with E-state index in [0.29, 0.717) is 11.3 Å². The lowest BCUT2D eigenvalue weighted by molar-refractivity contribution is 1.11. The Balaban J connectivity index is 2.04. The fourth-order valence-electron chi connectivity index (χ4n) is 2.37. The lowest BCUT2D eigenvalue weighted by Crippen LogP contribution is -2.04. The molecule has 0 amide bonds. The fourth-order valence-corrected chi connectivity index (χ4v) is 2.54. The van der Waals surface area contributed by atoms with E-state index >= 15 is 0 Å². The standard InChI is InChI=1S/C15H12ClN3/c16-15-18-13-11-4-2-1-3-9(11)5-8-12(13)14(19-15)17-10-6-7-10/h1-5,8,10H,6-7H2,(H,17,18,19). The summed E-state index contributed by atoms with van der Waals surface area (Å²) in [7, 11) is 0. The molecule has 1 aliphatic carbocycles. The molecule has 4 heteroatoms. The smallest absolute Gasteiger partial charge is 0.224 e. The van der Waals surface area contributed by atoms with E-state index in [1.807, 2.05) is 12.1 Å². The molecule has 1 N–H and O–H groups in total. The molecule has 1 aromatic heterocycles. The quantitative estimate of drug-likeness (QED) is 0.564. The van der Waals surface area contributed by atoms with Crippen LogP contribution in [-0.4, -0.2) is 16.0 Å². The second-order valence-electron chi connectivity index (χ2n) is 4.94. The van der Waals surface area contributed by atoms with Crippen LogP contribution in [0.5, 0.6) is 0 Å². The van der Waals surface area contributed by atoms with Gasteiger partial charge in [0.1, 0.15) is 5.82 Å². The van der Waals surface area contributed by atoms with E-state index in [2.05, 4.69) is 39.6 Å². The van der Waals surface area contributed by atoms with Crippen LogP contribution >= 0.6 is 11.6 Å². The van der Waals surface area contributed by atoms with Crippen LogP contribution in [0.3, 0.4) is 0 Å². The zero-order valence-corrected chi connectivity index (χ0v) is 11.0. The van der Waals surface area contributed by atoms with Gasteiger partial charge in [0.15, 0.2) is 0 Å². The molecule has 0 radical (unpaired) electrons. The second kappa shape index (κ2) is 4.07. The Labute approximate surface area is 115 Å². The van der Waals surface area contributed by atoms with Gasteiger partial charge in [0, 0.05) is 16.8 Å². The van der Waals surface area contributed by atoms with Gasteiger partial charge in [-0.2, -0.15) is 0 Å². The molecule has 3 nitrogen and oxygen atoms in total. The van der Waals surface area contributed by atoms with Crippen molar-refractivity contribution >= 4 is 39.1 Å². The third kappa shape index (κ3) is 1.90. The Morgan fingerprint density at radius 2 is 1.84 bits per heavy atom. The van der Waals surface area contributed by atoms with Gasteiger partial charge in [0.05, 0.1) is 5.52 Å². The molecule has 1 saturated carbocycles. The Bertz CT molecular complexity index is 781. The van der Waals surface area contributed by atoms with Crippen molar-refractivity contribution in [2.45, 2.75) is 18.9 Å². The third-order valence-corrected chi connectivity index (χ3v) is 3.65. The van der Waals surface area contributed by atoms with Gasteiger partial charge < -0.3 is 5.32 Å². The molecular formula is C15H12ClN3. The van der Waals surface area contributed by atoms with Crippen molar-refractivity contribution in [3.63, 3.8) is 0 Å². The lowest BCUT2D eigenvalue weighted by Gasteiger charge is -2.09. The average Bonchev–Trinajstić information content (AvgIpc) is 3.22. The first-order valence-corrected chi connectivity index (χ1v) is 6.80. The van der Waals surface area contributed by atoms with Crippen molar-refractivity contribution in [1.29, 1.82) is 0 Å². The van der Waals surface area contributed by atoms with Gasteiger partial charge in [0.25, 0.3) is 0 Å². The van der Waals surface area contributed by atoms with Crippen molar-refractivity contribution in [1.82, 2.24) is 9.97 Å². The molecule has 2 aromatic carbocycles. The molecule has 0 unspecified atom stereocenters. The van der Waals surface area contributed by atoms with Crippen LogP contribution in [-0.2, 0) is 0 Å². The van der Waals surface area contributed by atoms with Crippen molar-refractivity contribution in [3.05, 3.63) is 41.7 Å². The molecule has 0 bridgehead atoms. The SMILES string of the molecule is Clc1nc(NC2CC2)c2ccc3ccccc3c2n1. The average molecular weight is 270 g/mol. The van der Waals surface area contributed by atoms with Crippen molar-refractivity contribution in [2.75, 3.05) is 5.32 Å². The van der Waals surface area contributed by atoms with Crippen LogP contribution in [0.15, 0.2) is 36.4 Å². The Morgan fingerprint density at radius 3 is 2.68 bits per heavy atom. The van der Waals surface area contributed by atoms with E-state index in [1.165, 1.54) is 18.2 Å². The highest BCUT2D eigenvalue weighted by atomic mass is 35.5. The summed E-state index contributed by atoms with van der Waals surface area (Å²) in [4.78, 5) is 8.74. The number of fused-ring (bicyclic) bond motifs is 3. The summed E-state index contributed by atoms with van der Waals surface area (Å²) >= 11 is 6.07. The van der Waals surface area contributed by atoms with Gasteiger partial charge in [-0.3, -0.25) is 0 Å². The first kappa shape index (κ1) is 11.0. The number of aromatic nitrogens is 2. The highest BCUT2D eigenvalue weighted by Gasteiger charge is 2.22. The predicted molar refractivity (Wildman–Crippen MR) is 78.7 cm³/mol. The van der Waals surface area contributed by atoms with Crippen LogP contribution in [0.25, 0.3) is 21.7 Å². The van der Waals surface area contributed by atoms with Crippen LogP contribution < -0.4 is 5.32 Å². The third-order valence-electron chi connectivity index (χ3n) is 3.48. The molecule has 1 aliphatic rings. The van der Waals surface area contributed by atoms with Crippen LogP contribution in [0, 0.1) is 0 Å². The summed E-state index contributed by atoms with van der Waals surface area (Å²) in [5, 5.41) is 7.05. The van der Waals surface area contributed by atoms with Crippen LogP contribution in [0.4, 0.5) is 5.82 Å². The van der Waals surface area contributed by atoms with Gasteiger partial charge in [-0.1, -0.05) is 30.3 Å². The molecule has 1 heterocycles. The maximum Gasteiger partial charge on any atom is 0.224 e. The topological polar surface area (TPSA) is 37.8 Å². The summed E-state index contributed by atoms with van der Waals surface area (Å²) in [5.74, 6) is 0.850. The molecule has 1 fully saturated rings. The Hall–Kier alpha value is -1.87. The van der Waals surface area contributed by atoms with Gasteiger partial charge in [-0.15, -0.1) is 0 Å². The van der Waals surface area contributed by atoms with Crippen LogP contribution in [0.1, 0.15) is 12.8 Å². The molecule has 3 aromatic rings. The van der Waals surface area contributed by atoms with Gasteiger partial charge >= 0.3 is 0 Å². The lowest BCUT2D eigenvalue weighted by atomic mass is 10.1. The van der Waals surface area contributed by atoms with Crippen molar-refractivity contribution in [2.24, 2.45) is 0 Å². The zero-order chi connectivity index (χ0) is 12.8. The first-order chi connectivity index (χ1) is 9.31. The van der Waals surface area contributed by atoms with Crippen molar-refractivity contribution < 1.29 is 0 Å². The maximum atomic E-state index is 6.07. The summed E-state index contributed by atoms with van der Waals surface area (Å²) in [6, 6.07) is 12.9. The molecular weight excluding hydrogens is 258 g/mol. The van der Waals surface area contributed by atoms with E-state index in [-0.39, 0.29) is 0 Å². The maximum absolute atomic E-state index is 6.07. The number of benzene rings is 2. The van der Waals surface area contributed by atoms with Gasteiger partial charge in [0.2, 0.25) is 5.28 Å². The monoisotopic (exact) mass is 269 g/mol. The van der Waals surface area contributed by atoms with Crippen LogP contribution in [0.2, 0.25) is 5.28 Å². The van der Waals surface area contributed by atoms with Gasteiger partial charge in [-0.25, -0.2) is 9.97 Å². The molecule has 0 aliphatic heterocycles. The zero-order valence-electron chi connectivity index (χ0n) is 10.2. The highest BCUT2D eigenvalue weighted by Crippen LogP contribution is 2.32. The van der Waals surface area contributed by atoms with E-state index in [0.717, 1.165) is 22.1 Å². The molecule has 0 spiro atoms. The van der Waals surface area contributed by atoms with E-state index in [1.54, 1.807) is 0 Å². The number of rotatable bonds is 2. The minimum Gasteiger partial charge on any atom is -0.367 e. The summed E-state index contributed by atoms with van der Waals surface area (Å²) in [5.41, 5.74) is 0.918. The predicted octanol–water partition coefficient (Wildman–Crippen LogP) is 4.01. The van der Waals surface area contributed by atoms with E-state index < -0.39 is 0 Å². The number of nitrogens with zero attached hydrogens (tertiary/aromatic N) is 2. The minimum absolute atomic E-state index is 0.298. The molecule has 0 atom stereocenters. The number of anilines is 1. The normalized spacial score (nSPS) is 15.0. The second-order valence-corrected chi connectivity index (χ2v) is 5.28. The number of hydrogen-bond acceptors (Lipinski definition) is 3. The highest BCUT2D eigenvalue weighted by molar-refractivity contribution is 6.29. The summed E-state index contributed by atoms with van der Waals surface area (Å²) < 4.78 is 0. The van der Waals surface area contributed by atoms with Crippen molar-refractivity contribution in [3.8, 4) is 0 Å². The summed E-state index contributed by atoms with van der Waals surface area (Å²) in [6.07, 6.45) is 2.41. The molecule has 19 heavy (non-hydrogen) atoms. The van der Waals surface area contributed by atoms with Gasteiger partial charge in [-0.05, 0) is 35.9 Å². The summed E-state index contributed by atoms with van der Waals surface area (Å²) in [6.45, 7) is 0. The Morgan fingerprint density at radius 1 is 1.00 bits per heavy atom. The first-order valence-electron chi connectivity index (χ1n) is 6.43. The number of hydrogen-bond donors (Lipinski definition) is 1. The molecule has 4 rings (SSSR count). The largest absolute Gasteiger partial charge is 0.367 e. The molecule has 94 valence electrons. The molecule has 0 saturated heterocycles. The minimum atomic E-state index is 0.298. The Kier molecular flexibility index (Phi) is 2.35. The number of halogens is 1. The van der Waals surface area contributed by atoms with E-state index in [9.17, 15) is 0 Å². The van der Waals surface area contributed by atoms with E-state index in [4.69, 9.17) is 11.6 Å².